The van der Waals surface area contributed by atoms with Gasteiger partial charge in [-0.15, -0.1) is 16.9 Å². The lowest BCUT2D eigenvalue weighted by Gasteiger charge is -2.01. The van der Waals surface area contributed by atoms with E-state index in [1.165, 1.54) is 0 Å². The van der Waals surface area contributed by atoms with Crippen LogP contribution in [-0.4, -0.2) is 16.2 Å². The van der Waals surface area contributed by atoms with Gasteiger partial charge in [0.05, 0.1) is 10.2 Å². The molecule has 0 spiro atoms. The highest BCUT2D eigenvalue weighted by molar-refractivity contribution is 7.99. The molecule has 0 aliphatic carbocycles. The monoisotopic (exact) mass is 377 g/mol. The van der Waals surface area contributed by atoms with Crippen molar-refractivity contribution >= 4 is 50.8 Å². The summed E-state index contributed by atoms with van der Waals surface area (Å²) < 4.78 is 3.12. The van der Waals surface area contributed by atoms with Gasteiger partial charge in [-0.25, -0.2) is 5.43 Å². The molecule has 1 heterocycles. The highest BCUT2D eigenvalue weighted by Gasteiger charge is 2.04. The molecule has 3 rings (SSSR count). The minimum absolute atomic E-state index is 0.0890. The van der Waals surface area contributed by atoms with Gasteiger partial charge in [0.1, 0.15) is 0 Å². The predicted octanol–water partition coefficient (Wildman–Crippen LogP) is 4.01. The summed E-state index contributed by atoms with van der Waals surface area (Å²) in [5.74, 6) is 0.607. The van der Waals surface area contributed by atoms with Gasteiger partial charge in [0.15, 0.2) is 0 Å². The van der Waals surface area contributed by atoms with Gasteiger partial charge in [0.2, 0.25) is 10.7 Å². The highest BCUT2D eigenvalue weighted by Crippen LogP contribution is 2.20. The van der Waals surface area contributed by atoms with Crippen LogP contribution < -0.4 is 10.2 Å². The molecular formula is C17H16ClN3OS2. The number of thioether (sulfide) groups is 1. The van der Waals surface area contributed by atoms with Crippen molar-refractivity contribution in [1.29, 1.82) is 0 Å². The van der Waals surface area contributed by atoms with Gasteiger partial charge in [-0.2, -0.15) is 0 Å². The van der Waals surface area contributed by atoms with Crippen molar-refractivity contribution in [2.75, 3.05) is 5.75 Å². The Morgan fingerprint density at radius 1 is 1.25 bits per heavy atom. The number of nitrogens with one attached hydrogen (secondary N) is 1. The average Bonchev–Trinajstić information content (AvgIpc) is 2.91. The van der Waals surface area contributed by atoms with Crippen molar-refractivity contribution in [3.63, 3.8) is 0 Å². The fourth-order valence-corrected chi connectivity index (χ4v) is 4.10. The highest BCUT2D eigenvalue weighted by atomic mass is 35.5. The van der Waals surface area contributed by atoms with E-state index in [0.717, 1.165) is 19.9 Å². The molecule has 0 aliphatic heterocycles. The number of halogens is 1. The number of carbonyl (C=O) groups is 1. The smallest absolute Gasteiger partial charge is 0.240 e. The van der Waals surface area contributed by atoms with E-state index in [1.54, 1.807) is 23.1 Å². The first-order chi connectivity index (χ1) is 11.6. The molecule has 124 valence electrons. The molecule has 3 aromatic rings. The topological polar surface area (TPSA) is 46.4 Å². The second kappa shape index (κ2) is 7.88. The van der Waals surface area contributed by atoms with Crippen LogP contribution in [0.3, 0.4) is 0 Å². The number of fused-ring (bicyclic) bond motifs is 1. The van der Waals surface area contributed by atoms with Gasteiger partial charge in [0, 0.05) is 29.1 Å². The number of rotatable bonds is 5. The number of aromatic nitrogens is 1. The van der Waals surface area contributed by atoms with Gasteiger partial charge in [-0.05, 0) is 36.4 Å². The van der Waals surface area contributed by atoms with E-state index >= 15 is 0 Å². The molecule has 1 aromatic heterocycles. The minimum atomic E-state index is -0.0890. The maximum absolute atomic E-state index is 11.9. The van der Waals surface area contributed by atoms with Crippen molar-refractivity contribution in [2.45, 2.75) is 11.3 Å². The third-order valence-corrected chi connectivity index (χ3v) is 5.78. The first kappa shape index (κ1) is 17.1. The van der Waals surface area contributed by atoms with E-state index < -0.39 is 0 Å². The van der Waals surface area contributed by atoms with E-state index in [2.05, 4.69) is 10.5 Å². The minimum Gasteiger partial charge on any atom is -0.318 e. The lowest BCUT2D eigenvalue weighted by atomic mass is 10.3. The van der Waals surface area contributed by atoms with E-state index in [9.17, 15) is 4.79 Å². The van der Waals surface area contributed by atoms with Crippen LogP contribution in [0.5, 0.6) is 0 Å². The lowest BCUT2D eigenvalue weighted by Crippen LogP contribution is -2.23. The number of aryl methyl sites for hydroxylation is 1. The van der Waals surface area contributed by atoms with Crippen molar-refractivity contribution in [1.82, 2.24) is 9.99 Å². The molecule has 24 heavy (non-hydrogen) atoms. The number of para-hydroxylation sites is 1. The number of thiazole rings is 1. The third-order valence-electron chi connectivity index (χ3n) is 3.40. The quantitative estimate of drug-likeness (QED) is 0.539. The van der Waals surface area contributed by atoms with Crippen LogP contribution in [0.25, 0.3) is 10.2 Å². The predicted molar refractivity (Wildman–Crippen MR) is 101 cm³/mol. The van der Waals surface area contributed by atoms with Gasteiger partial charge in [0.25, 0.3) is 0 Å². The van der Waals surface area contributed by atoms with E-state index in [1.807, 2.05) is 60.1 Å². The molecular weight excluding hydrogens is 362 g/mol. The van der Waals surface area contributed by atoms with Gasteiger partial charge < -0.3 is 4.57 Å². The first-order valence-electron chi connectivity index (χ1n) is 7.39. The van der Waals surface area contributed by atoms with Crippen LogP contribution in [0.15, 0.2) is 58.5 Å². The molecule has 0 unspecified atom stereocenters. The Balaban J connectivity index is 1.56. The molecule has 0 saturated carbocycles. The summed E-state index contributed by atoms with van der Waals surface area (Å²) in [5.41, 5.74) is 3.74. The molecule has 0 bridgehead atoms. The average molecular weight is 378 g/mol. The summed E-state index contributed by atoms with van der Waals surface area (Å²) in [4.78, 5) is 13.8. The summed E-state index contributed by atoms with van der Waals surface area (Å²) in [5, 5.41) is 4.95. The molecule has 1 amide bonds. The number of amides is 1. The van der Waals surface area contributed by atoms with Crippen LogP contribution in [0.1, 0.15) is 6.42 Å². The molecule has 0 radical (unpaired) electrons. The van der Waals surface area contributed by atoms with E-state index in [-0.39, 0.29) is 5.91 Å². The number of benzene rings is 2. The SMILES string of the molecule is Cn1/c(=N\NC(=O)CCSc2ccc(Cl)cc2)sc2ccccc21. The van der Waals surface area contributed by atoms with Crippen LogP contribution in [-0.2, 0) is 11.8 Å². The van der Waals surface area contributed by atoms with Crippen molar-refractivity contribution in [3.8, 4) is 0 Å². The Morgan fingerprint density at radius 3 is 2.75 bits per heavy atom. The van der Waals surface area contributed by atoms with Crippen LogP contribution in [0.4, 0.5) is 0 Å². The van der Waals surface area contributed by atoms with Crippen molar-refractivity contribution in [3.05, 3.63) is 58.4 Å². The van der Waals surface area contributed by atoms with Crippen molar-refractivity contribution < 1.29 is 4.79 Å². The largest absolute Gasteiger partial charge is 0.318 e. The van der Waals surface area contributed by atoms with E-state index in [4.69, 9.17) is 11.6 Å². The number of hydrogen-bond acceptors (Lipinski definition) is 4. The zero-order valence-electron chi connectivity index (χ0n) is 13.0. The van der Waals surface area contributed by atoms with Gasteiger partial charge >= 0.3 is 0 Å². The number of hydrogen-bond donors (Lipinski definition) is 1. The Kier molecular flexibility index (Phi) is 5.60. The van der Waals surface area contributed by atoms with Crippen LogP contribution >= 0.6 is 34.7 Å². The molecule has 0 fully saturated rings. The standard InChI is InChI=1S/C17H16ClN3OS2/c1-21-14-4-2-3-5-15(14)24-17(21)20-19-16(22)10-11-23-13-8-6-12(18)7-9-13/h2-9H,10-11H2,1H3,(H,19,22)/b20-17+. The van der Waals surface area contributed by atoms with Crippen LogP contribution in [0.2, 0.25) is 5.02 Å². The molecule has 2 aromatic carbocycles. The Labute approximate surface area is 153 Å². The Bertz CT molecular complexity index is 915. The fraction of sp³-hybridized carbons (Fsp3) is 0.176. The third kappa shape index (κ3) is 4.20. The fourth-order valence-electron chi connectivity index (χ4n) is 2.15. The second-order valence-electron chi connectivity index (χ2n) is 5.11. The molecule has 4 nitrogen and oxygen atoms in total. The van der Waals surface area contributed by atoms with Crippen LogP contribution in [0, 0.1) is 0 Å². The summed E-state index contributed by atoms with van der Waals surface area (Å²) >= 11 is 9.03. The molecule has 0 aliphatic rings. The Morgan fingerprint density at radius 2 is 2.00 bits per heavy atom. The normalized spacial score (nSPS) is 11.8. The molecule has 0 atom stereocenters. The first-order valence-corrected chi connectivity index (χ1v) is 9.57. The summed E-state index contributed by atoms with van der Waals surface area (Å²) in [6.07, 6.45) is 0.408. The maximum Gasteiger partial charge on any atom is 0.240 e. The van der Waals surface area contributed by atoms with Gasteiger partial charge in [-0.3, -0.25) is 4.79 Å². The summed E-state index contributed by atoms with van der Waals surface area (Å²) in [6.45, 7) is 0. The molecule has 1 N–H and O–H groups in total. The maximum atomic E-state index is 11.9. The Hall–Kier alpha value is -1.76. The summed E-state index contributed by atoms with van der Waals surface area (Å²) in [6, 6.07) is 15.7. The van der Waals surface area contributed by atoms with Gasteiger partial charge in [-0.1, -0.05) is 35.1 Å². The lowest BCUT2D eigenvalue weighted by molar-refractivity contribution is -0.120. The molecule has 7 heteroatoms. The van der Waals surface area contributed by atoms with Crippen molar-refractivity contribution in [2.24, 2.45) is 12.1 Å². The number of nitrogens with zero attached hydrogens (tertiary/aromatic N) is 2. The van der Waals surface area contributed by atoms with E-state index in [0.29, 0.717) is 17.2 Å². The zero-order chi connectivity index (χ0) is 16.9. The molecule has 0 saturated heterocycles. The summed E-state index contributed by atoms with van der Waals surface area (Å²) in [7, 11) is 1.94. The number of carbonyl (C=O) groups excluding carboxylic acids is 1. The zero-order valence-corrected chi connectivity index (χ0v) is 15.4. The second-order valence-corrected chi connectivity index (χ2v) is 7.72.